The maximum Gasteiger partial charge on any atom is 0.340 e. The Morgan fingerprint density at radius 2 is 2.20 bits per heavy atom. The monoisotopic (exact) mass is 280 g/mol. The van der Waals surface area contributed by atoms with Crippen LogP contribution < -0.4 is 10.6 Å². The highest BCUT2D eigenvalue weighted by atomic mass is 19.1. The number of anilines is 1. The number of hydrogen-bond acceptors (Lipinski definition) is 4. The van der Waals surface area contributed by atoms with Gasteiger partial charge in [-0.15, -0.1) is 0 Å². The molecule has 1 aromatic carbocycles. The lowest BCUT2D eigenvalue weighted by Crippen LogP contribution is -2.43. The van der Waals surface area contributed by atoms with Crippen LogP contribution in [0.15, 0.2) is 18.2 Å². The first-order chi connectivity index (χ1) is 9.61. The maximum absolute atomic E-state index is 13.2. The molecule has 0 aromatic heterocycles. The zero-order chi connectivity index (χ0) is 14.5. The van der Waals surface area contributed by atoms with Crippen LogP contribution in [0.1, 0.15) is 29.6 Å². The molecular weight excluding hydrogens is 263 g/mol. The molecule has 0 bridgehead atoms. The molecule has 2 rings (SSSR count). The van der Waals surface area contributed by atoms with Crippen molar-refractivity contribution in [3.63, 3.8) is 0 Å². The Morgan fingerprint density at radius 1 is 1.40 bits per heavy atom. The average Bonchev–Trinajstić information content (AvgIpc) is 2.49. The molecule has 1 aliphatic rings. The van der Waals surface area contributed by atoms with Crippen LogP contribution in [0.4, 0.5) is 10.1 Å². The summed E-state index contributed by atoms with van der Waals surface area (Å²) in [5, 5.41) is 5.76. The van der Waals surface area contributed by atoms with Gasteiger partial charge < -0.3 is 15.4 Å². The number of piperidine rings is 1. The SMILES string of the molecule is COC(=O)c1cc(F)ccc1NC(=O)[C@H]1CCCCN1. The number of esters is 1. The van der Waals surface area contributed by atoms with E-state index in [1.165, 1.54) is 19.2 Å². The van der Waals surface area contributed by atoms with Crippen LogP contribution in [0.25, 0.3) is 0 Å². The Labute approximate surface area is 116 Å². The fraction of sp³-hybridized carbons (Fsp3) is 0.429. The number of ether oxygens (including phenoxy) is 1. The van der Waals surface area contributed by atoms with Gasteiger partial charge in [0.25, 0.3) is 0 Å². The van der Waals surface area contributed by atoms with Crippen molar-refractivity contribution in [3.8, 4) is 0 Å². The summed E-state index contributed by atoms with van der Waals surface area (Å²) in [6, 6.07) is 3.33. The Balaban J connectivity index is 2.15. The third-order valence-corrected chi connectivity index (χ3v) is 3.27. The lowest BCUT2D eigenvalue weighted by Gasteiger charge is -2.23. The number of rotatable bonds is 3. The van der Waals surface area contributed by atoms with E-state index in [4.69, 9.17) is 0 Å². The summed E-state index contributed by atoms with van der Waals surface area (Å²) >= 11 is 0. The summed E-state index contributed by atoms with van der Waals surface area (Å²) in [5.41, 5.74) is 0.271. The summed E-state index contributed by atoms with van der Waals surface area (Å²) in [7, 11) is 1.21. The van der Waals surface area contributed by atoms with Gasteiger partial charge in [0, 0.05) is 0 Å². The molecule has 108 valence electrons. The number of nitrogens with one attached hydrogen (secondary N) is 2. The molecule has 1 aliphatic heterocycles. The smallest absolute Gasteiger partial charge is 0.340 e. The molecule has 1 atom stereocenters. The Morgan fingerprint density at radius 3 is 2.85 bits per heavy atom. The van der Waals surface area contributed by atoms with Gasteiger partial charge >= 0.3 is 5.97 Å². The molecule has 0 aliphatic carbocycles. The number of carbonyl (C=O) groups excluding carboxylic acids is 2. The molecule has 5 nitrogen and oxygen atoms in total. The third-order valence-electron chi connectivity index (χ3n) is 3.27. The lowest BCUT2D eigenvalue weighted by atomic mass is 10.0. The number of carbonyl (C=O) groups is 2. The minimum Gasteiger partial charge on any atom is -0.465 e. The van der Waals surface area contributed by atoms with Gasteiger partial charge in [0.2, 0.25) is 5.91 Å². The Hall–Kier alpha value is -1.95. The van der Waals surface area contributed by atoms with Gasteiger partial charge in [0.1, 0.15) is 5.82 Å². The van der Waals surface area contributed by atoms with E-state index in [0.717, 1.165) is 31.9 Å². The maximum atomic E-state index is 13.2. The topological polar surface area (TPSA) is 67.4 Å². The summed E-state index contributed by atoms with van der Waals surface area (Å²) in [6.45, 7) is 0.797. The third kappa shape index (κ3) is 3.33. The van der Waals surface area contributed by atoms with E-state index >= 15 is 0 Å². The standard InChI is InChI=1S/C14H17FN2O3/c1-20-14(19)10-8-9(15)5-6-11(10)17-13(18)12-4-2-3-7-16-12/h5-6,8,12,16H,2-4,7H2,1H3,(H,17,18)/t12-/m1/s1. The van der Waals surface area contributed by atoms with Crippen molar-refractivity contribution in [2.75, 3.05) is 19.0 Å². The molecule has 1 saturated heterocycles. The van der Waals surface area contributed by atoms with E-state index in [1.54, 1.807) is 0 Å². The molecule has 0 spiro atoms. The first-order valence-electron chi connectivity index (χ1n) is 6.54. The zero-order valence-electron chi connectivity index (χ0n) is 11.2. The second-order valence-corrected chi connectivity index (χ2v) is 4.67. The predicted molar refractivity (Wildman–Crippen MR) is 72.0 cm³/mol. The minimum atomic E-state index is -0.684. The molecule has 0 saturated carbocycles. The lowest BCUT2D eigenvalue weighted by molar-refractivity contribution is -0.118. The largest absolute Gasteiger partial charge is 0.465 e. The molecule has 1 amide bonds. The first-order valence-corrected chi connectivity index (χ1v) is 6.54. The first kappa shape index (κ1) is 14.5. The number of halogens is 1. The molecule has 1 aromatic rings. The van der Waals surface area contributed by atoms with Crippen LogP contribution in [0.3, 0.4) is 0 Å². The van der Waals surface area contributed by atoms with E-state index in [0.29, 0.717) is 0 Å². The zero-order valence-corrected chi connectivity index (χ0v) is 11.2. The van der Waals surface area contributed by atoms with Crippen molar-refractivity contribution in [1.82, 2.24) is 5.32 Å². The second kappa shape index (κ2) is 6.47. The average molecular weight is 280 g/mol. The fourth-order valence-corrected chi connectivity index (χ4v) is 2.20. The molecular formula is C14H17FN2O3. The number of amides is 1. The van der Waals surface area contributed by atoms with Gasteiger partial charge in [-0.25, -0.2) is 9.18 Å². The van der Waals surface area contributed by atoms with Crippen LogP contribution in [0, 0.1) is 5.82 Å². The van der Waals surface area contributed by atoms with Gasteiger partial charge in [0.15, 0.2) is 0 Å². The van der Waals surface area contributed by atoms with Gasteiger partial charge in [-0.05, 0) is 37.6 Å². The Bertz CT molecular complexity index is 513. The Kier molecular flexibility index (Phi) is 4.68. The van der Waals surface area contributed by atoms with Crippen LogP contribution in [0.5, 0.6) is 0 Å². The number of methoxy groups -OCH3 is 1. The summed E-state index contributed by atoms with van der Waals surface area (Å²) < 4.78 is 17.8. The van der Waals surface area contributed by atoms with Gasteiger partial charge in [-0.2, -0.15) is 0 Å². The van der Waals surface area contributed by atoms with E-state index in [1.807, 2.05) is 0 Å². The van der Waals surface area contributed by atoms with Crippen molar-refractivity contribution in [2.45, 2.75) is 25.3 Å². The van der Waals surface area contributed by atoms with Crippen molar-refractivity contribution < 1.29 is 18.7 Å². The molecule has 0 radical (unpaired) electrons. The molecule has 2 N–H and O–H groups in total. The normalized spacial score (nSPS) is 18.4. The van der Waals surface area contributed by atoms with Crippen molar-refractivity contribution in [3.05, 3.63) is 29.6 Å². The quantitative estimate of drug-likeness (QED) is 0.827. The van der Waals surface area contributed by atoms with Gasteiger partial charge in [0.05, 0.1) is 24.4 Å². The summed E-state index contributed by atoms with van der Waals surface area (Å²) in [5.74, 6) is -1.46. The summed E-state index contributed by atoms with van der Waals surface area (Å²) in [6.07, 6.45) is 2.78. The van der Waals surface area contributed by atoms with Crippen molar-refractivity contribution in [2.24, 2.45) is 0 Å². The predicted octanol–water partition coefficient (Wildman–Crippen LogP) is 1.69. The van der Waals surface area contributed by atoms with Crippen molar-refractivity contribution in [1.29, 1.82) is 0 Å². The number of hydrogen-bond donors (Lipinski definition) is 2. The minimum absolute atomic E-state index is 0.0108. The van der Waals surface area contributed by atoms with E-state index in [9.17, 15) is 14.0 Å². The summed E-state index contributed by atoms with van der Waals surface area (Å²) in [4.78, 5) is 23.7. The highest BCUT2D eigenvalue weighted by molar-refractivity contribution is 6.02. The van der Waals surface area contributed by atoms with E-state index < -0.39 is 11.8 Å². The molecule has 20 heavy (non-hydrogen) atoms. The van der Waals surface area contributed by atoms with E-state index in [2.05, 4.69) is 15.4 Å². The highest BCUT2D eigenvalue weighted by Crippen LogP contribution is 2.19. The van der Waals surface area contributed by atoms with Crippen LogP contribution >= 0.6 is 0 Å². The molecule has 1 heterocycles. The van der Waals surface area contributed by atoms with Gasteiger partial charge in [-0.1, -0.05) is 6.42 Å². The highest BCUT2D eigenvalue weighted by Gasteiger charge is 2.22. The van der Waals surface area contributed by atoms with Crippen molar-refractivity contribution >= 4 is 17.6 Å². The molecule has 1 fully saturated rings. The second-order valence-electron chi connectivity index (χ2n) is 4.67. The molecule has 0 unspecified atom stereocenters. The molecule has 6 heteroatoms. The van der Waals surface area contributed by atoms with Crippen LogP contribution in [-0.4, -0.2) is 31.6 Å². The van der Waals surface area contributed by atoms with Gasteiger partial charge in [-0.3, -0.25) is 4.79 Å². The fourth-order valence-electron chi connectivity index (χ4n) is 2.20. The number of benzene rings is 1. The van der Waals surface area contributed by atoms with Crippen LogP contribution in [0.2, 0.25) is 0 Å². The van der Waals surface area contributed by atoms with E-state index in [-0.39, 0.29) is 23.2 Å². The van der Waals surface area contributed by atoms with Crippen LogP contribution in [-0.2, 0) is 9.53 Å².